The smallest absolute Gasteiger partial charge is 0.272 e. The van der Waals surface area contributed by atoms with Crippen LogP contribution in [0.1, 0.15) is 16.6 Å². The number of aromatic nitrogens is 5. The third kappa shape index (κ3) is 4.81. The Bertz CT molecular complexity index is 1640. The fraction of sp³-hybridized carbons (Fsp3) is 0.0667. The van der Waals surface area contributed by atoms with Crippen molar-refractivity contribution in [2.45, 2.75) is 16.6 Å². The fourth-order valence-electron chi connectivity index (χ4n) is 4.29. The average molecular weight is 501 g/mol. The van der Waals surface area contributed by atoms with E-state index in [-0.39, 0.29) is 5.25 Å². The third-order valence-electron chi connectivity index (χ3n) is 6.15. The molecule has 1 atom stereocenters. The number of nitrogens with zero attached hydrogens (tertiary/aromatic N) is 5. The second-order valence-electron chi connectivity index (χ2n) is 8.63. The summed E-state index contributed by atoms with van der Waals surface area (Å²) in [6.07, 6.45) is 0.609. The van der Waals surface area contributed by atoms with Gasteiger partial charge in [-0.3, -0.25) is 0 Å². The van der Waals surface area contributed by atoms with Crippen molar-refractivity contribution in [1.29, 1.82) is 0 Å². The Hall–Kier alpha value is -4.49. The molecule has 0 fully saturated rings. The molecule has 0 aliphatic carbocycles. The molecule has 37 heavy (non-hydrogen) atoms. The summed E-state index contributed by atoms with van der Waals surface area (Å²) in [5.41, 5.74) is 11.8. The molecule has 7 heteroatoms. The maximum atomic E-state index is 6.29. The third-order valence-corrected chi connectivity index (χ3v) is 7.50. The molecule has 4 aromatic carbocycles. The summed E-state index contributed by atoms with van der Waals surface area (Å²) in [5, 5.41) is 14.1. The van der Waals surface area contributed by atoms with Crippen LogP contribution in [0, 0.1) is 0 Å². The van der Waals surface area contributed by atoms with Crippen LogP contribution >= 0.6 is 11.8 Å². The minimum atomic E-state index is 0.0640. The van der Waals surface area contributed by atoms with Crippen LogP contribution in [0.2, 0.25) is 0 Å². The van der Waals surface area contributed by atoms with Crippen LogP contribution in [0.25, 0.3) is 28.3 Å². The Kier molecular flexibility index (Phi) is 6.35. The van der Waals surface area contributed by atoms with Gasteiger partial charge in [-0.05, 0) is 17.7 Å². The second kappa shape index (κ2) is 10.2. The van der Waals surface area contributed by atoms with Crippen molar-refractivity contribution in [1.82, 2.24) is 24.8 Å². The van der Waals surface area contributed by atoms with Gasteiger partial charge in [-0.1, -0.05) is 103 Å². The largest absolute Gasteiger partial charge is 0.398 e. The van der Waals surface area contributed by atoms with Gasteiger partial charge in [0, 0.05) is 33.4 Å². The van der Waals surface area contributed by atoms with E-state index in [1.54, 1.807) is 16.3 Å². The van der Waals surface area contributed by atoms with Gasteiger partial charge in [0.15, 0.2) is 5.82 Å². The molecule has 0 aliphatic rings. The standard InChI is InChI=1S/C30H24N6S/c31-24-18-10-11-19-25(24)37-26(21-12-4-1-5-13-21)20-27-33-34-30-32-28(22-14-6-2-7-15-22)29(35-36(27)30)23-16-8-3-9-17-23/h1-19,26H,20,31H2. The van der Waals surface area contributed by atoms with Crippen molar-refractivity contribution in [3.63, 3.8) is 0 Å². The molecule has 0 amide bonds. The van der Waals surface area contributed by atoms with E-state index in [9.17, 15) is 0 Å². The van der Waals surface area contributed by atoms with E-state index in [1.165, 1.54) is 5.56 Å². The van der Waals surface area contributed by atoms with E-state index in [2.05, 4.69) is 40.5 Å². The molecule has 2 heterocycles. The van der Waals surface area contributed by atoms with Gasteiger partial charge >= 0.3 is 0 Å². The van der Waals surface area contributed by atoms with E-state index in [0.29, 0.717) is 12.2 Å². The van der Waals surface area contributed by atoms with Crippen molar-refractivity contribution in [2.24, 2.45) is 0 Å². The first-order valence-corrected chi connectivity index (χ1v) is 12.9. The number of benzene rings is 4. The highest BCUT2D eigenvalue weighted by molar-refractivity contribution is 7.99. The predicted molar refractivity (Wildman–Crippen MR) is 149 cm³/mol. The predicted octanol–water partition coefficient (Wildman–Crippen LogP) is 6.51. The van der Waals surface area contributed by atoms with Gasteiger partial charge < -0.3 is 5.73 Å². The Morgan fingerprint density at radius 3 is 1.95 bits per heavy atom. The Labute approximate surface area is 219 Å². The van der Waals surface area contributed by atoms with Crippen molar-refractivity contribution in [3.8, 4) is 22.5 Å². The number of fused-ring (bicyclic) bond motifs is 1. The van der Waals surface area contributed by atoms with E-state index in [1.807, 2.05) is 84.9 Å². The lowest BCUT2D eigenvalue weighted by molar-refractivity contribution is 0.771. The molecule has 180 valence electrons. The number of rotatable bonds is 7. The molecule has 6 rings (SSSR count). The average Bonchev–Trinajstić information content (AvgIpc) is 3.36. The van der Waals surface area contributed by atoms with Crippen molar-refractivity contribution in [2.75, 3.05) is 5.73 Å². The van der Waals surface area contributed by atoms with E-state index >= 15 is 0 Å². The number of nitrogen functional groups attached to an aromatic ring is 1. The Morgan fingerprint density at radius 1 is 0.676 bits per heavy atom. The first-order valence-electron chi connectivity index (χ1n) is 12.1. The number of hydrogen-bond acceptors (Lipinski definition) is 6. The molecule has 0 bridgehead atoms. The number of hydrogen-bond donors (Lipinski definition) is 1. The van der Waals surface area contributed by atoms with Gasteiger partial charge in [-0.25, -0.2) is 4.98 Å². The zero-order chi connectivity index (χ0) is 25.0. The van der Waals surface area contributed by atoms with Gasteiger partial charge in [-0.2, -0.15) is 9.61 Å². The number of anilines is 1. The second-order valence-corrected chi connectivity index (χ2v) is 9.87. The van der Waals surface area contributed by atoms with Gasteiger partial charge in [0.1, 0.15) is 11.4 Å². The molecule has 2 aromatic heterocycles. The summed E-state index contributed by atoms with van der Waals surface area (Å²) in [4.78, 5) is 5.96. The van der Waals surface area contributed by atoms with Gasteiger partial charge in [0.25, 0.3) is 5.78 Å². The van der Waals surface area contributed by atoms with Crippen molar-refractivity contribution >= 4 is 23.2 Å². The topological polar surface area (TPSA) is 82.0 Å². The molecular weight excluding hydrogens is 476 g/mol. The Morgan fingerprint density at radius 2 is 1.27 bits per heavy atom. The van der Waals surface area contributed by atoms with E-state index < -0.39 is 0 Å². The quantitative estimate of drug-likeness (QED) is 0.199. The molecule has 0 saturated heterocycles. The van der Waals surface area contributed by atoms with Crippen molar-refractivity contribution in [3.05, 3.63) is 127 Å². The molecule has 0 spiro atoms. The molecule has 6 nitrogen and oxygen atoms in total. The number of thioether (sulfide) groups is 1. The zero-order valence-electron chi connectivity index (χ0n) is 20.0. The Balaban J connectivity index is 1.45. The molecular formula is C30H24N6S. The maximum Gasteiger partial charge on any atom is 0.272 e. The molecule has 0 radical (unpaired) electrons. The number of para-hydroxylation sites is 1. The van der Waals surface area contributed by atoms with Gasteiger partial charge in [0.05, 0.1) is 0 Å². The van der Waals surface area contributed by atoms with Crippen LogP contribution in [0.4, 0.5) is 5.69 Å². The van der Waals surface area contributed by atoms with Crippen LogP contribution < -0.4 is 5.73 Å². The van der Waals surface area contributed by atoms with Crippen LogP contribution in [0.15, 0.2) is 120 Å². The minimum absolute atomic E-state index is 0.0640. The molecule has 2 N–H and O–H groups in total. The van der Waals surface area contributed by atoms with E-state index in [4.69, 9.17) is 15.8 Å². The molecule has 6 aromatic rings. The highest BCUT2D eigenvalue weighted by Crippen LogP contribution is 2.40. The van der Waals surface area contributed by atoms with Crippen LogP contribution in [-0.2, 0) is 6.42 Å². The van der Waals surface area contributed by atoms with Crippen molar-refractivity contribution < 1.29 is 0 Å². The lowest BCUT2D eigenvalue weighted by Gasteiger charge is -2.17. The summed E-state index contributed by atoms with van der Waals surface area (Å²) in [6.45, 7) is 0. The molecule has 0 saturated carbocycles. The lowest BCUT2D eigenvalue weighted by atomic mass is 10.0. The van der Waals surface area contributed by atoms with Crippen LogP contribution in [-0.4, -0.2) is 24.8 Å². The minimum Gasteiger partial charge on any atom is -0.398 e. The zero-order valence-corrected chi connectivity index (χ0v) is 20.8. The summed E-state index contributed by atoms with van der Waals surface area (Å²) in [5.74, 6) is 1.22. The summed E-state index contributed by atoms with van der Waals surface area (Å²) >= 11 is 1.72. The van der Waals surface area contributed by atoms with Crippen LogP contribution in [0.3, 0.4) is 0 Å². The molecule has 0 aliphatic heterocycles. The van der Waals surface area contributed by atoms with Gasteiger partial charge in [-0.15, -0.1) is 22.0 Å². The first-order chi connectivity index (χ1) is 18.3. The number of nitrogens with two attached hydrogens (primary N) is 1. The fourth-order valence-corrected chi connectivity index (χ4v) is 5.49. The highest BCUT2D eigenvalue weighted by atomic mass is 32.2. The van der Waals surface area contributed by atoms with E-state index in [0.717, 1.165) is 38.9 Å². The summed E-state index contributed by atoms with van der Waals surface area (Å²) in [6, 6.07) is 38.5. The SMILES string of the molecule is Nc1ccccc1SC(Cc1nnc2nc(-c3ccccc3)c(-c3ccccc3)nn12)c1ccccc1. The highest BCUT2D eigenvalue weighted by Gasteiger charge is 2.22. The summed E-state index contributed by atoms with van der Waals surface area (Å²) < 4.78 is 1.78. The monoisotopic (exact) mass is 500 g/mol. The van der Waals surface area contributed by atoms with Gasteiger partial charge in [0.2, 0.25) is 0 Å². The van der Waals surface area contributed by atoms with Crippen LogP contribution in [0.5, 0.6) is 0 Å². The first kappa shape index (κ1) is 22.9. The normalized spacial score (nSPS) is 12.0. The maximum absolute atomic E-state index is 6.29. The lowest BCUT2D eigenvalue weighted by Crippen LogP contribution is -2.08. The molecule has 1 unspecified atom stereocenters. The summed E-state index contributed by atoms with van der Waals surface area (Å²) in [7, 11) is 0.